The van der Waals surface area contributed by atoms with Gasteiger partial charge in [0, 0.05) is 48.1 Å². The molecular weight excluding hydrogens is 414 g/mol. The smallest absolute Gasteiger partial charge is 0.257 e. The Labute approximate surface area is 194 Å². The molecule has 0 aliphatic carbocycles. The summed E-state index contributed by atoms with van der Waals surface area (Å²) in [5.41, 5.74) is 5.26. The Morgan fingerprint density at radius 3 is 2.88 bits per heavy atom. The van der Waals surface area contributed by atoms with Gasteiger partial charge in [0.15, 0.2) is 0 Å². The molecule has 4 nitrogen and oxygen atoms in total. The molecule has 1 atom stereocenters. The topological polar surface area (TPSA) is 35.6 Å². The molecule has 0 bridgehead atoms. The van der Waals surface area contributed by atoms with Crippen LogP contribution in [-0.4, -0.2) is 44.0 Å². The third-order valence-corrected chi connectivity index (χ3v) is 7.84. The Hall–Kier alpha value is -2.63. The highest BCUT2D eigenvalue weighted by atomic mass is 32.1. The number of nitrogens with one attached hydrogen (secondary N) is 1. The zero-order valence-electron chi connectivity index (χ0n) is 18.9. The van der Waals surface area contributed by atoms with Crippen LogP contribution in [0.25, 0.3) is 15.7 Å². The van der Waals surface area contributed by atoms with Gasteiger partial charge in [-0.3, -0.25) is 9.69 Å². The van der Waals surface area contributed by atoms with E-state index in [1.807, 2.05) is 49.3 Å². The molecule has 1 saturated heterocycles. The van der Waals surface area contributed by atoms with Crippen LogP contribution in [-0.2, 0) is 0 Å². The van der Waals surface area contributed by atoms with Gasteiger partial charge in [-0.1, -0.05) is 24.6 Å². The molecule has 0 spiro atoms. The Morgan fingerprint density at radius 1 is 1.12 bits per heavy atom. The number of thiophene rings is 1. The molecule has 1 aromatic heterocycles. The van der Waals surface area contributed by atoms with Crippen molar-refractivity contribution in [1.29, 1.82) is 0 Å². The van der Waals surface area contributed by atoms with E-state index in [0.29, 0.717) is 5.56 Å². The fourth-order valence-corrected chi connectivity index (χ4v) is 6.10. The SMILES string of the molecule is CN(C)c1ccccc1C(=O)Nc1ccc2scc(C3=CCN4CCCCC4CC3)c2c1. The van der Waals surface area contributed by atoms with Crippen molar-refractivity contribution >= 4 is 44.3 Å². The van der Waals surface area contributed by atoms with Crippen LogP contribution < -0.4 is 10.2 Å². The van der Waals surface area contributed by atoms with Gasteiger partial charge >= 0.3 is 0 Å². The van der Waals surface area contributed by atoms with Crippen molar-refractivity contribution in [1.82, 2.24) is 4.90 Å². The number of nitrogens with zero attached hydrogens (tertiary/aromatic N) is 2. The second-order valence-corrected chi connectivity index (χ2v) is 10.0. The number of amides is 1. The van der Waals surface area contributed by atoms with Crippen LogP contribution in [0.15, 0.2) is 53.9 Å². The minimum absolute atomic E-state index is 0.0732. The highest BCUT2D eigenvalue weighted by Gasteiger charge is 2.25. The lowest BCUT2D eigenvalue weighted by atomic mass is 9.95. The van der Waals surface area contributed by atoms with Crippen molar-refractivity contribution in [3.8, 4) is 0 Å². The highest BCUT2D eigenvalue weighted by molar-refractivity contribution is 7.17. The Kier molecular flexibility index (Phi) is 6.03. The summed E-state index contributed by atoms with van der Waals surface area (Å²) in [5.74, 6) is -0.0732. The number of piperidine rings is 1. The quantitative estimate of drug-likeness (QED) is 0.515. The molecule has 2 aromatic carbocycles. The molecule has 1 amide bonds. The first-order valence-corrected chi connectivity index (χ1v) is 12.5. The summed E-state index contributed by atoms with van der Waals surface area (Å²) >= 11 is 1.80. The third-order valence-electron chi connectivity index (χ3n) is 6.88. The summed E-state index contributed by atoms with van der Waals surface area (Å²) in [6.45, 7) is 2.30. The molecule has 166 valence electrons. The van der Waals surface area contributed by atoms with Crippen LogP contribution in [0, 0.1) is 0 Å². The van der Waals surface area contributed by atoms with E-state index in [1.165, 1.54) is 53.5 Å². The van der Waals surface area contributed by atoms with Crippen LogP contribution in [0.1, 0.15) is 48.0 Å². The van der Waals surface area contributed by atoms with Gasteiger partial charge in [-0.05, 0) is 79.1 Å². The zero-order chi connectivity index (χ0) is 22.1. The number of fused-ring (bicyclic) bond motifs is 2. The Bertz CT molecular complexity index is 1160. The number of allylic oxidation sites excluding steroid dienone is 1. The molecule has 2 aliphatic heterocycles. The number of rotatable bonds is 4. The lowest BCUT2D eigenvalue weighted by molar-refractivity contribution is 0.102. The number of para-hydroxylation sites is 1. The maximum atomic E-state index is 13.0. The van der Waals surface area contributed by atoms with E-state index in [4.69, 9.17) is 0 Å². The fraction of sp³-hybridized carbons (Fsp3) is 0.370. The average Bonchev–Trinajstić information content (AvgIpc) is 3.10. The van der Waals surface area contributed by atoms with Gasteiger partial charge in [-0.25, -0.2) is 0 Å². The molecule has 1 N–H and O–H groups in total. The highest BCUT2D eigenvalue weighted by Crippen LogP contribution is 2.37. The summed E-state index contributed by atoms with van der Waals surface area (Å²) in [5, 5.41) is 6.68. The largest absolute Gasteiger partial charge is 0.377 e. The van der Waals surface area contributed by atoms with Crippen LogP contribution in [0.2, 0.25) is 0 Å². The first-order valence-electron chi connectivity index (χ1n) is 11.6. The van der Waals surface area contributed by atoms with Gasteiger partial charge in [-0.15, -0.1) is 11.3 Å². The van der Waals surface area contributed by atoms with Crippen molar-refractivity contribution in [2.45, 2.75) is 38.1 Å². The average molecular weight is 446 g/mol. The first-order chi connectivity index (χ1) is 15.6. The number of hydrogen-bond donors (Lipinski definition) is 1. The molecule has 1 unspecified atom stereocenters. The number of anilines is 2. The molecule has 0 radical (unpaired) electrons. The first kappa shape index (κ1) is 21.2. The minimum atomic E-state index is -0.0732. The summed E-state index contributed by atoms with van der Waals surface area (Å²) in [7, 11) is 3.92. The van der Waals surface area contributed by atoms with E-state index in [2.05, 4.69) is 33.8 Å². The molecule has 3 aromatic rings. The maximum absolute atomic E-state index is 13.0. The summed E-state index contributed by atoms with van der Waals surface area (Å²) in [4.78, 5) is 17.7. The molecule has 32 heavy (non-hydrogen) atoms. The molecule has 0 saturated carbocycles. The predicted octanol–water partition coefficient (Wildman–Crippen LogP) is 6.25. The summed E-state index contributed by atoms with van der Waals surface area (Å²) in [6.07, 6.45) is 8.89. The Balaban J connectivity index is 1.41. The van der Waals surface area contributed by atoms with E-state index >= 15 is 0 Å². The van der Waals surface area contributed by atoms with Crippen molar-refractivity contribution in [2.75, 3.05) is 37.4 Å². The van der Waals surface area contributed by atoms with Crippen molar-refractivity contribution < 1.29 is 4.79 Å². The van der Waals surface area contributed by atoms with Gasteiger partial charge in [0.05, 0.1) is 5.56 Å². The lowest BCUT2D eigenvalue weighted by Crippen LogP contribution is -2.38. The molecular formula is C27H31N3OS. The summed E-state index contributed by atoms with van der Waals surface area (Å²) < 4.78 is 1.27. The van der Waals surface area contributed by atoms with Gasteiger partial charge in [0.25, 0.3) is 5.91 Å². The van der Waals surface area contributed by atoms with Crippen LogP contribution in [0.4, 0.5) is 11.4 Å². The van der Waals surface area contributed by atoms with Gasteiger partial charge in [-0.2, -0.15) is 0 Å². The molecule has 3 heterocycles. The van der Waals surface area contributed by atoms with E-state index in [-0.39, 0.29) is 5.91 Å². The van der Waals surface area contributed by atoms with Crippen LogP contribution in [0.3, 0.4) is 0 Å². The molecule has 5 heteroatoms. The van der Waals surface area contributed by atoms with Crippen molar-refractivity contribution in [2.24, 2.45) is 0 Å². The van der Waals surface area contributed by atoms with Crippen molar-refractivity contribution in [3.63, 3.8) is 0 Å². The second-order valence-electron chi connectivity index (χ2n) is 9.14. The zero-order valence-corrected chi connectivity index (χ0v) is 19.8. The fourth-order valence-electron chi connectivity index (χ4n) is 5.13. The molecule has 1 fully saturated rings. The van der Waals surface area contributed by atoms with E-state index in [0.717, 1.165) is 30.4 Å². The van der Waals surface area contributed by atoms with Gasteiger partial charge < -0.3 is 10.2 Å². The minimum Gasteiger partial charge on any atom is -0.377 e. The number of benzene rings is 2. The van der Waals surface area contributed by atoms with Gasteiger partial charge in [0.2, 0.25) is 0 Å². The maximum Gasteiger partial charge on any atom is 0.257 e. The third kappa shape index (κ3) is 4.19. The predicted molar refractivity (Wildman–Crippen MR) is 137 cm³/mol. The Morgan fingerprint density at radius 2 is 2.00 bits per heavy atom. The summed E-state index contributed by atoms with van der Waals surface area (Å²) in [6, 6.07) is 14.8. The van der Waals surface area contributed by atoms with E-state index in [9.17, 15) is 4.79 Å². The van der Waals surface area contributed by atoms with Crippen LogP contribution >= 0.6 is 11.3 Å². The number of hydrogen-bond acceptors (Lipinski definition) is 4. The van der Waals surface area contributed by atoms with Crippen LogP contribution in [0.5, 0.6) is 0 Å². The van der Waals surface area contributed by atoms with E-state index < -0.39 is 0 Å². The lowest BCUT2D eigenvalue weighted by Gasteiger charge is -2.33. The normalized spacial score (nSPS) is 19.2. The standard InChI is InChI=1S/C27H31N3OS/c1-29(2)25-9-4-3-8-22(25)27(31)28-20-11-13-26-23(17-20)24(18-32-26)19-10-12-21-7-5-6-15-30(21)16-14-19/h3-4,8-9,11,13-14,17-18,21H,5-7,10,12,15-16H2,1-2H3,(H,28,31). The van der Waals surface area contributed by atoms with Crippen molar-refractivity contribution in [3.05, 3.63) is 65.0 Å². The number of carbonyl (C=O) groups excluding carboxylic acids is 1. The monoisotopic (exact) mass is 445 g/mol. The molecule has 2 aliphatic rings. The number of carbonyl (C=O) groups is 1. The molecule has 5 rings (SSSR count). The second kappa shape index (κ2) is 9.08. The van der Waals surface area contributed by atoms with E-state index in [1.54, 1.807) is 11.3 Å². The van der Waals surface area contributed by atoms with Gasteiger partial charge in [0.1, 0.15) is 0 Å².